The van der Waals surface area contributed by atoms with Gasteiger partial charge in [-0.05, 0) is 33.1 Å². The molecule has 0 saturated heterocycles. The van der Waals surface area contributed by atoms with Crippen molar-refractivity contribution in [3.05, 3.63) is 0 Å². The fourth-order valence-electron chi connectivity index (χ4n) is 1.84. The SMILES string of the molecule is CC(C)(C)N(C(=O)O)[C@H](C=O)CC1CC1. The van der Waals surface area contributed by atoms with Crippen LogP contribution in [0.15, 0.2) is 0 Å². The second-order valence-corrected chi connectivity index (χ2v) is 5.21. The maximum Gasteiger partial charge on any atom is 0.408 e. The molecular formula is C11H19NO3. The molecule has 0 aliphatic heterocycles. The molecule has 0 spiro atoms. The maximum atomic E-state index is 11.1. The van der Waals surface area contributed by atoms with Gasteiger partial charge in [-0.3, -0.25) is 4.90 Å². The van der Waals surface area contributed by atoms with Gasteiger partial charge in [-0.1, -0.05) is 12.8 Å². The predicted octanol–water partition coefficient (Wildman–Crippen LogP) is 2.13. The first-order valence-corrected chi connectivity index (χ1v) is 5.34. The molecule has 0 aromatic carbocycles. The van der Waals surface area contributed by atoms with Crippen molar-refractivity contribution in [1.29, 1.82) is 0 Å². The Kier molecular flexibility index (Phi) is 3.37. The van der Waals surface area contributed by atoms with E-state index in [1.165, 1.54) is 4.90 Å². The molecule has 0 unspecified atom stereocenters. The lowest BCUT2D eigenvalue weighted by molar-refractivity contribution is -0.113. The number of hydrogen-bond acceptors (Lipinski definition) is 2. The van der Waals surface area contributed by atoms with Gasteiger partial charge in [0, 0.05) is 5.54 Å². The molecule has 1 aliphatic rings. The molecule has 4 heteroatoms. The lowest BCUT2D eigenvalue weighted by atomic mass is 10.0. The molecule has 1 amide bonds. The van der Waals surface area contributed by atoms with Crippen LogP contribution in [0.25, 0.3) is 0 Å². The largest absolute Gasteiger partial charge is 0.465 e. The van der Waals surface area contributed by atoms with Crippen LogP contribution in [0.1, 0.15) is 40.0 Å². The molecule has 1 atom stereocenters. The summed E-state index contributed by atoms with van der Waals surface area (Å²) in [4.78, 5) is 23.3. The van der Waals surface area contributed by atoms with E-state index in [1.807, 2.05) is 20.8 Å². The van der Waals surface area contributed by atoms with Gasteiger partial charge in [0.15, 0.2) is 0 Å². The molecular weight excluding hydrogens is 194 g/mol. The summed E-state index contributed by atoms with van der Waals surface area (Å²) in [5.41, 5.74) is -0.522. The van der Waals surface area contributed by atoms with E-state index in [4.69, 9.17) is 5.11 Å². The highest BCUT2D eigenvalue weighted by Gasteiger charge is 2.36. The second-order valence-electron chi connectivity index (χ2n) is 5.21. The Morgan fingerprint density at radius 2 is 2.07 bits per heavy atom. The quantitative estimate of drug-likeness (QED) is 0.728. The van der Waals surface area contributed by atoms with E-state index in [9.17, 15) is 9.59 Å². The van der Waals surface area contributed by atoms with Gasteiger partial charge in [-0.2, -0.15) is 0 Å². The fraction of sp³-hybridized carbons (Fsp3) is 0.818. The highest BCUT2D eigenvalue weighted by Crippen LogP contribution is 2.35. The fourth-order valence-corrected chi connectivity index (χ4v) is 1.84. The van der Waals surface area contributed by atoms with Crippen LogP contribution in [0.4, 0.5) is 4.79 Å². The van der Waals surface area contributed by atoms with Crippen LogP contribution in [0.2, 0.25) is 0 Å². The Morgan fingerprint density at radius 3 is 2.33 bits per heavy atom. The van der Waals surface area contributed by atoms with Crippen molar-refractivity contribution in [2.24, 2.45) is 5.92 Å². The third-order valence-corrected chi connectivity index (χ3v) is 2.69. The summed E-state index contributed by atoms with van der Waals surface area (Å²) in [6, 6.07) is -0.491. The monoisotopic (exact) mass is 213 g/mol. The Hall–Kier alpha value is -1.06. The summed E-state index contributed by atoms with van der Waals surface area (Å²) in [6.07, 6.45) is 2.68. The summed E-state index contributed by atoms with van der Waals surface area (Å²) in [6.45, 7) is 5.43. The van der Waals surface area contributed by atoms with Crippen LogP contribution in [-0.4, -0.2) is 34.0 Å². The summed E-state index contributed by atoms with van der Waals surface area (Å²) >= 11 is 0. The zero-order valence-corrected chi connectivity index (χ0v) is 9.56. The maximum absolute atomic E-state index is 11.1. The molecule has 1 saturated carbocycles. The normalized spacial score (nSPS) is 18.3. The minimum atomic E-state index is -1.01. The summed E-state index contributed by atoms with van der Waals surface area (Å²) in [7, 11) is 0. The van der Waals surface area contributed by atoms with Gasteiger partial charge in [-0.25, -0.2) is 4.79 Å². The van der Waals surface area contributed by atoms with E-state index in [2.05, 4.69) is 0 Å². The van der Waals surface area contributed by atoms with Crippen LogP contribution >= 0.6 is 0 Å². The van der Waals surface area contributed by atoms with Crippen molar-refractivity contribution < 1.29 is 14.7 Å². The highest BCUT2D eigenvalue weighted by atomic mass is 16.4. The van der Waals surface area contributed by atoms with Crippen molar-refractivity contribution in [1.82, 2.24) is 4.90 Å². The van der Waals surface area contributed by atoms with Gasteiger partial charge in [-0.15, -0.1) is 0 Å². The molecule has 0 aromatic rings. The molecule has 1 fully saturated rings. The van der Waals surface area contributed by atoms with E-state index in [0.717, 1.165) is 19.1 Å². The molecule has 1 N–H and O–H groups in total. The van der Waals surface area contributed by atoms with E-state index in [1.54, 1.807) is 0 Å². The van der Waals surface area contributed by atoms with Gasteiger partial charge < -0.3 is 9.90 Å². The molecule has 0 radical (unpaired) electrons. The summed E-state index contributed by atoms with van der Waals surface area (Å²) in [5.74, 6) is 0.546. The van der Waals surface area contributed by atoms with Gasteiger partial charge in [0.25, 0.3) is 0 Å². The van der Waals surface area contributed by atoms with E-state index >= 15 is 0 Å². The molecule has 86 valence electrons. The summed E-state index contributed by atoms with van der Waals surface area (Å²) in [5, 5.41) is 9.11. The number of hydrogen-bond donors (Lipinski definition) is 1. The smallest absolute Gasteiger partial charge is 0.408 e. The molecule has 4 nitrogen and oxygen atoms in total. The molecule has 0 heterocycles. The van der Waals surface area contributed by atoms with Crippen molar-refractivity contribution >= 4 is 12.4 Å². The van der Waals surface area contributed by atoms with Crippen LogP contribution in [0, 0.1) is 5.92 Å². The zero-order valence-electron chi connectivity index (χ0n) is 9.56. The van der Waals surface area contributed by atoms with Gasteiger partial charge in [0.1, 0.15) is 6.29 Å². The first-order chi connectivity index (χ1) is 6.86. The minimum Gasteiger partial charge on any atom is -0.465 e. The number of amides is 1. The molecule has 15 heavy (non-hydrogen) atoms. The Labute approximate surface area is 90.3 Å². The lowest BCUT2D eigenvalue weighted by Gasteiger charge is -2.37. The van der Waals surface area contributed by atoms with Crippen molar-refractivity contribution in [2.45, 2.75) is 51.6 Å². The van der Waals surface area contributed by atoms with E-state index in [-0.39, 0.29) is 0 Å². The number of aldehydes is 1. The number of carbonyl (C=O) groups excluding carboxylic acids is 1. The van der Waals surface area contributed by atoms with E-state index < -0.39 is 17.7 Å². The molecule has 0 bridgehead atoms. The third kappa shape index (κ3) is 3.22. The van der Waals surface area contributed by atoms with Gasteiger partial charge >= 0.3 is 6.09 Å². The standard InChI is InChI=1S/C11H19NO3/c1-11(2,3)12(10(14)15)9(7-13)6-8-4-5-8/h7-9H,4-6H2,1-3H3,(H,14,15)/t9-/m0/s1. The number of nitrogens with zero attached hydrogens (tertiary/aromatic N) is 1. The molecule has 1 aliphatic carbocycles. The average molecular weight is 213 g/mol. The Bertz CT molecular complexity index is 253. The number of carboxylic acid groups (broad SMARTS) is 1. The highest BCUT2D eigenvalue weighted by molar-refractivity contribution is 5.72. The van der Waals surface area contributed by atoms with Gasteiger partial charge in [0.2, 0.25) is 0 Å². The van der Waals surface area contributed by atoms with Crippen LogP contribution in [0.3, 0.4) is 0 Å². The topological polar surface area (TPSA) is 57.6 Å². The van der Waals surface area contributed by atoms with Crippen molar-refractivity contribution in [3.8, 4) is 0 Å². The first-order valence-electron chi connectivity index (χ1n) is 5.34. The van der Waals surface area contributed by atoms with Crippen LogP contribution < -0.4 is 0 Å². The average Bonchev–Trinajstić information content (AvgIpc) is 2.83. The Balaban J connectivity index is 2.74. The Morgan fingerprint density at radius 1 is 1.53 bits per heavy atom. The predicted molar refractivity (Wildman–Crippen MR) is 56.8 cm³/mol. The number of carbonyl (C=O) groups is 2. The van der Waals surface area contributed by atoms with Crippen molar-refractivity contribution in [3.63, 3.8) is 0 Å². The lowest BCUT2D eigenvalue weighted by Crippen LogP contribution is -2.52. The first kappa shape index (κ1) is 12.0. The zero-order chi connectivity index (χ0) is 11.6. The number of rotatable bonds is 4. The van der Waals surface area contributed by atoms with Gasteiger partial charge in [0.05, 0.1) is 6.04 Å². The summed E-state index contributed by atoms with van der Waals surface area (Å²) < 4.78 is 0. The van der Waals surface area contributed by atoms with Crippen LogP contribution in [0.5, 0.6) is 0 Å². The molecule has 0 aromatic heterocycles. The van der Waals surface area contributed by atoms with Crippen LogP contribution in [-0.2, 0) is 4.79 Å². The molecule has 1 rings (SSSR count). The second kappa shape index (κ2) is 4.21. The van der Waals surface area contributed by atoms with Crippen molar-refractivity contribution in [2.75, 3.05) is 0 Å². The minimum absolute atomic E-state index is 0.491. The van der Waals surface area contributed by atoms with E-state index in [0.29, 0.717) is 12.3 Å². The third-order valence-electron chi connectivity index (χ3n) is 2.69.